The maximum atomic E-state index is 12.2. The van der Waals surface area contributed by atoms with E-state index in [0.29, 0.717) is 17.0 Å². The zero-order chi connectivity index (χ0) is 19.1. The van der Waals surface area contributed by atoms with E-state index in [1.54, 1.807) is 36.4 Å². The van der Waals surface area contributed by atoms with Gasteiger partial charge in [-0.25, -0.2) is 4.79 Å². The molecule has 0 saturated carbocycles. The second-order valence-electron chi connectivity index (χ2n) is 5.30. The van der Waals surface area contributed by atoms with Crippen molar-refractivity contribution < 1.29 is 28.6 Å². The molecule has 0 fully saturated rings. The number of hydrogen-bond acceptors (Lipinski definition) is 6. The van der Waals surface area contributed by atoms with Gasteiger partial charge >= 0.3 is 5.97 Å². The molecule has 2 aromatic carbocycles. The molecule has 0 saturated heterocycles. The standard InChI is InChI=1S/C19H19NO6/c1-12(21)13-6-4-7-14(10-13)20-17(22)11-26-19(23)15-8-5-9-16(24-2)18(15)25-3/h4-10H,11H2,1-3H3,(H,20,22). The molecule has 26 heavy (non-hydrogen) atoms. The molecule has 136 valence electrons. The van der Waals surface area contributed by atoms with Gasteiger partial charge in [0.05, 0.1) is 14.2 Å². The molecular weight excluding hydrogens is 338 g/mol. The van der Waals surface area contributed by atoms with Crippen LogP contribution in [0, 0.1) is 0 Å². The van der Waals surface area contributed by atoms with Crippen LogP contribution in [0.1, 0.15) is 27.6 Å². The van der Waals surface area contributed by atoms with E-state index in [0.717, 1.165) is 0 Å². The maximum absolute atomic E-state index is 12.2. The second-order valence-corrected chi connectivity index (χ2v) is 5.30. The molecule has 2 aromatic rings. The number of nitrogens with one attached hydrogen (secondary N) is 1. The number of anilines is 1. The van der Waals surface area contributed by atoms with E-state index < -0.39 is 18.5 Å². The van der Waals surface area contributed by atoms with E-state index in [4.69, 9.17) is 14.2 Å². The van der Waals surface area contributed by atoms with Crippen LogP contribution in [-0.4, -0.2) is 38.5 Å². The molecule has 1 N–H and O–H groups in total. The summed E-state index contributed by atoms with van der Waals surface area (Å²) in [7, 11) is 2.86. The molecule has 0 aliphatic rings. The molecule has 0 radical (unpaired) electrons. The minimum Gasteiger partial charge on any atom is -0.493 e. The molecule has 7 heteroatoms. The van der Waals surface area contributed by atoms with Gasteiger partial charge in [0.1, 0.15) is 5.56 Å². The lowest BCUT2D eigenvalue weighted by molar-refractivity contribution is -0.119. The van der Waals surface area contributed by atoms with E-state index in [1.165, 1.54) is 27.2 Å². The third kappa shape index (κ3) is 4.60. The number of para-hydroxylation sites is 1. The SMILES string of the molecule is COc1cccc(C(=O)OCC(=O)Nc2cccc(C(C)=O)c2)c1OC. The summed E-state index contributed by atoms with van der Waals surface area (Å²) in [5, 5.41) is 2.57. The highest BCUT2D eigenvalue weighted by Crippen LogP contribution is 2.31. The van der Waals surface area contributed by atoms with Gasteiger partial charge in [-0.15, -0.1) is 0 Å². The monoisotopic (exact) mass is 357 g/mol. The molecule has 0 spiro atoms. The molecule has 1 amide bonds. The van der Waals surface area contributed by atoms with Crippen molar-refractivity contribution >= 4 is 23.3 Å². The smallest absolute Gasteiger partial charge is 0.342 e. The first kappa shape index (κ1) is 19.0. The van der Waals surface area contributed by atoms with Crippen molar-refractivity contribution in [3.8, 4) is 11.5 Å². The Morgan fingerprint density at radius 2 is 1.73 bits per heavy atom. The van der Waals surface area contributed by atoms with E-state index in [-0.39, 0.29) is 17.1 Å². The number of rotatable bonds is 7. The van der Waals surface area contributed by atoms with Gasteiger partial charge in [0.15, 0.2) is 23.9 Å². The lowest BCUT2D eigenvalue weighted by Gasteiger charge is -2.12. The fraction of sp³-hybridized carbons (Fsp3) is 0.211. The van der Waals surface area contributed by atoms with Crippen molar-refractivity contribution in [3.63, 3.8) is 0 Å². The lowest BCUT2D eigenvalue weighted by Crippen LogP contribution is -2.21. The normalized spacial score (nSPS) is 9.96. The molecule has 0 bridgehead atoms. The van der Waals surface area contributed by atoms with Gasteiger partial charge < -0.3 is 19.5 Å². The van der Waals surface area contributed by atoms with Crippen LogP contribution in [0.25, 0.3) is 0 Å². The number of ether oxygens (including phenoxy) is 3. The van der Waals surface area contributed by atoms with Gasteiger partial charge in [-0.3, -0.25) is 9.59 Å². The number of carbonyl (C=O) groups is 3. The summed E-state index contributed by atoms with van der Waals surface area (Å²) in [5.41, 5.74) is 1.07. The predicted octanol–water partition coefficient (Wildman–Crippen LogP) is 2.70. The van der Waals surface area contributed by atoms with Gasteiger partial charge in [-0.2, -0.15) is 0 Å². The van der Waals surface area contributed by atoms with E-state index in [2.05, 4.69) is 5.32 Å². The Labute approximate surface area is 150 Å². The summed E-state index contributed by atoms with van der Waals surface area (Å²) in [4.78, 5) is 35.6. The zero-order valence-corrected chi connectivity index (χ0v) is 14.7. The first-order valence-electron chi connectivity index (χ1n) is 7.75. The number of hydrogen-bond donors (Lipinski definition) is 1. The number of carbonyl (C=O) groups excluding carboxylic acids is 3. The quantitative estimate of drug-likeness (QED) is 0.605. The Kier molecular flexibility index (Phi) is 6.32. The molecule has 0 heterocycles. The minimum atomic E-state index is -0.714. The second kappa shape index (κ2) is 8.66. The Hall–Kier alpha value is -3.35. The Morgan fingerprint density at radius 1 is 1.00 bits per heavy atom. The largest absolute Gasteiger partial charge is 0.493 e. The topological polar surface area (TPSA) is 90.9 Å². The van der Waals surface area contributed by atoms with Crippen molar-refractivity contribution in [2.24, 2.45) is 0 Å². The maximum Gasteiger partial charge on any atom is 0.342 e. The van der Waals surface area contributed by atoms with Gasteiger partial charge in [0, 0.05) is 11.3 Å². The summed E-state index contributed by atoms with van der Waals surface area (Å²) in [6, 6.07) is 11.3. The van der Waals surface area contributed by atoms with E-state index >= 15 is 0 Å². The summed E-state index contributed by atoms with van der Waals surface area (Å²) >= 11 is 0. The van der Waals surface area contributed by atoms with Crippen molar-refractivity contribution in [2.45, 2.75) is 6.92 Å². The molecule has 0 aliphatic carbocycles. The highest BCUT2D eigenvalue weighted by atomic mass is 16.5. The molecule has 0 aliphatic heterocycles. The van der Waals surface area contributed by atoms with Crippen LogP contribution in [0.2, 0.25) is 0 Å². The molecular formula is C19H19NO6. The van der Waals surface area contributed by atoms with Crippen LogP contribution < -0.4 is 14.8 Å². The number of amides is 1. The summed E-state index contributed by atoms with van der Waals surface area (Å²) in [5.74, 6) is -0.742. The first-order chi connectivity index (χ1) is 12.5. The van der Waals surface area contributed by atoms with E-state index in [1.807, 2.05) is 0 Å². The minimum absolute atomic E-state index is 0.113. The van der Waals surface area contributed by atoms with Gasteiger partial charge in [0.2, 0.25) is 0 Å². The number of esters is 1. The van der Waals surface area contributed by atoms with Crippen LogP contribution in [0.5, 0.6) is 11.5 Å². The fourth-order valence-electron chi connectivity index (χ4n) is 2.27. The summed E-state index contributed by atoms with van der Waals surface area (Å²) in [6.07, 6.45) is 0. The Morgan fingerprint density at radius 3 is 2.38 bits per heavy atom. The average Bonchev–Trinajstić information content (AvgIpc) is 2.65. The predicted molar refractivity (Wildman–Crippen MR) is 94.9 cm³/mol. The van der Waals surface area contributed by atoms with Crippen molar-refractivity contribution in [1.82, 2.24) is 0 Å². The third-order valence-corrected chi connectivity index (χ3v) is 3.51. The summed E-state index contributed by atoms with van der Waals surface area (Å²) in [6.45, 7) is 0.952. The molecule has 7 nitrogen and oxygen atoms in total. The highest BCUT2D eigenvalue weighted by molar-refractivity contribution is 5.99. The van der Waals surface area contributed by atoms with Crippen molar-refractivity contribution in [1.29, 1.82) is 0 Å². The van der Waals surface area contributed by atoms with Crippen LogP contribution in [0.4, 0.5) is 5.69 Å². The fourth-order valence-corrected chi connectivity index (χ4v) is 2.27. The van der Waals surface area contributed by atoms with Crippen molar-refractivity contribution in [2.75, 3.05) is 26.1 Å². The van der Waals surface area contributed by atoms with Crippen LogP contribution >= 0.6 is 0 Å². The van der Waals surface area contributed by atoms with E-state index in [9.17, 15) is 14.4 Å². The van der Waals surface area contributed by atoms with Gasteiger partial charge in [-0.05, 0) is 31.2 Å². The first-order valence-corrected chi connectivity index (χ1v) is 7.75. The molecule has 0 aromatic heterocycles. The van der Waals surface area contributed by atoms with Crippen LogP contribution in [0.15, 0.2) is 42.5 Å². The highest BCUT2D eigenvalue weighted by Gasteiger charge is 2.18. The number of benzene rings is 2. The number of ketones is 1. The van der Waals surface area contributed by atoms with Crippen molar-refractivity contribution in [3.05, 3.63) is 53.6 Å². The number of Topliss-reactive ketones (excluding diaryl/α,β-unsaturated/α-hetero) is 1. The van der Waals surface area contributed by atoms with Crippen LogP contribution in [0.3, 0.4) is 0 Å². The third-order valence-electron chi connectivity index (χ3n) is 3.51. The molecule has 2 rings (SSSR count). The summed E-state index contributed by atoms with van der Waals surface area (Å²) < 4.78 is 15.3. The zero-order valence-electron chi connectivity index (χ0n) is 14.7. The lowest BCUT2D eigenvalue weighted by atomic mass is 10.1. The molecule has 0 unspecified atom stereocenters. The Balaban J connectivity index is 2.00. The van der Waals surface area contributed by atoms with Gasteiger partial charge in [-0.1, -0.05) is 18.2 Å². The Bertz CT molecular complexity index is 831. The number of methoxy groups -OCH3 is 2. The molecule has 0 atom stereocenters. The average molecular weight is 357 g/mol. The van der Waals surface area contributed by atoms with Crippen LogP contribution in [-0.2, 0) is 9.53 Å². The van der Waals surface area contributed by atoms with Gasteiger partial charge in [0.25, 0.3) is 5.91 Å².